The lowest BCUT2D eigenvalue weighted by Crippen LogP contribution is -2.35. The molecule has 2 N–H and O–H groups in total. The second-order valence-electron chi connectivity index (χ2n) is 9.07. The highest BCUT2D eigenvalue weighted by Gasteiger charge is 2.32. The van der Waals surface area contributed by atoms with Gasteiger partial charge < -0.3 is 19.5 Å². The van der Waals surface area contributed by atoms with E-state index < -0.39 is 17.3 Å². The normalized spacial score (nSPS) is 17.4. The monoisotopic (exact) mass is 393 g/mol. The van der Waals surface area contributed by atoms with E-state index in [1.165, 1.54) is 0 Å². The summed E-state index contributed by atoms with van der Waals surface area (Å²) < 4.78 is 10.7. The number of ether oxygens (including phenoxy) is 2. The van der Waals surface area contributed by atoms with E-state index in [0.29, 0.717) is 24.5 Å². The zero-order valence-electron chi connectivity index (χ0n) is 17.8. The van der Waals surface area contributed by atoms with Crippen LogP contribution in [0.15, 0.2) is 6.07 Å². The van der Waals surface area contributed by atoms with Crippen LogP contribution in [0.4, 0.5) is 15.3 Å². The predicted octanol–water partition coefficient (Wildman–Crippen LogP) is 4.17. The summed E-state index contributed by atoms with van der Waals surface area (Å²) in [6.45, 7) is 13.5. The lowest BCUT2D eigenvalue weighted by molar-refractivity contribution is 0.0292. The largest absolute Gasteiger partial charge is 0.504 e. The molecular weight excluding hydrogens is 362 g/mol. The van der Waals surface area contributed by atoms with Gasteiger partial charge in [0.2, 0.25) is 0 Å². The molecular formula is C20H31N3O5. The van der Waals surface area contributed by atoms with Crippen LogP contribution in [0, 0.1) is 6.92 Å². The summed E-state index contributed by atoms with van der Waals surface area (Å²) in [6, 6.07) is 1.63. The van der Waals surface area contributed by atoms with Gasteiger partial charge in [-0.25, -0.2) is 9.59 Å². The van der Waals surface area contributed by atoms with Crippen LogP contribution >= 0.6 is 0 Å². The van der Waals surface area contributed by atoms with Crippen molar-refractivity contribution in [1.29, 1.82) is 0 Å². The van der Waals surface area contributed by atoms with Gasteiger partial charge in [-0.1, -0.05) is 0 Å². The number of nitrogens with one attached hydrogen (secondary N) is 1. The van der Waals surface area contributed by atoms with Crippen molar-refractivity contribution in [2.75, 3.05) is 18.4 Å². The van der Waals surface area contributed by atoms with Crippen molar-refractivity contribution in [1.82, 2.24) is 9.88 Å². The Kier molecular flexibility index (Phi) is 6.11. The van der Waals surface area contributed by atoms with Crippen LogP contribution in [-0.2, 0) is 9.47 Å². The number of hydrogen-bond acceptors (Lipinski definition) is 6. The first-order valence-electron chi connectivity index (χ1n) is 9.43. The summed E-state index contributed by atoms with van der Waals surface area (Å²) in [4.78, 5) is 30.4. The highest BCUT2D eigenvalue weighted by molar-refractivity contribution is 5.87. The van der Waals surface area contributed by atoms with Crippen molar-refractivity contribution in [3.05, 3.63) is 17.5 Å². The van der Waals surface area contributed by atoms with E-state index in [9.17, 15) is 14.7 Å². The molecule has 1 unspecified atom stereocenters. The van der Waals surface area contributed by atoms with E-state index >= 15 is 0 Å². The number of aryl methyl sites for hydroxylation is 1. The molecule has 0 radical (unpaired) electrons. The van der Waals surface area contributed by atoms with Gasteiger partial charge in [0, 0.05) is 24.7 Å². The van der Waals surface area contributed by atoms with Gasteiger partial charge >= 0.3 is 12.2 Å². The Labute approximate surface area is 166 Å². The summed E-state index contributed by atoms with van der Waals surface area (Å²) in [5, 5.41) is 12.8. The first-order valence-corrected chi connectivity index (χ1v) is 9.43. The highest BCUT2D eigenvalue weighted by Crippen LogP contribution is 2.33. The standard InChI is InChI=1S/C20H31N3O5/c1-12-16(24)15(22-17(25)27-19(2,3)4)10-14(21-12)13-8-9-23(11-13)18(26)28-20(5,6)7/h10,13,24H,8-9,11H2,1-7H3,(H,21,22,25). The average Bonchev–Trinajstić information content (AvgIpc) is 2.98. The second kappa shape index (κ2) is 7.85. The summed E-state index contributed by atoms with van der Waals surface area (Å²) >= 11 is 0. The fraction of sp³-hybridized carbons (Fsp3) is 0.650. The van der Waals surface area contributed by atoms with E-state index in [2.05, 4.69) is 10.3 Å². The second-order valence-corrected chi connectivity index (χ2v) is 9.07. The lowest BCUT2D eigenvalue weighted by Gasteiger charge is -2.24. The lowest BCUT2D eigenvalue weighted by atomic mass is 10.0. The molecule has 156 valence electrons. The van der Waals surface area contributed by atoms with Gasteiger partial charge in [0.15, 0.2) is 5.75 Å². The summed E-state index contributed by atoms with van der Waals surface area (Å²) in [5.74, 6) is -0.109. The number of rotatable bonds is 2. The zero-order valence-corrected chi connectivity index (χ0v) is 17.8. The molecule has 0 bridgehead atoms. The number of carbonyl (C=O) groups is 2. The minimum atomic E-state index is -0.652. The first-order chi connectivity index (χ1) is 12.7. The Morgan fingerprint density at radius 2 is 1.79 bits per heavy atom. The molecule has 8 nitrogen and oxygen atoms in total. The minimum absolute atomic E-state index is 0.00833. The Bertz CT molecular complexity index is 749. The molecule has 0 aliphatic carbocycles. The maximum Gasteiger partial charge on any atom is 0.412 e. The van der Waals surface area contributed by atoms with Gasteiger partial charge in [0.05, 0.1) is 11.4 Å². The fourth-order valence-electron chi connectivity index (χ4n) is 2.90. The van der Waals surface area contributed by atoms with Crippen molar-refractivity contribution in [2.45, 2.75) is 72.0 Å². The van der Waals surface area contributed by atoms with E-state index in [4.69, 9.17) is 9.47 Å². The third-order valence-corrected chi connectivity index (χ3v) is 4.08. The molecule has 28 heavy (non-hydrogen) atoms. The maximum atomic E-state index is 12.3. The van der Waals surface area contributed by atoms with Crippen LogP contribution in [0.25, 0.3) is 0 Å². The van der Waals surface area contributed by atoms with E-state index in [0.717, 1.165) is 6.42 Å². The van der Waals surface area contributed by atoms with E-state index in [-0.39, 0.29) is 23.4 Å². The Morgan fingerprint density at radius 3 is 2.36 bits per heavy atom. The zero-order chi connectivity index (χ0) is 21.3. The molecule has 2 amide bonds. The molecule has 8 heteroatoms. The van der Waals surface area contributed by atoms with Crippen LogP contribution < -0.4 is 5.32 Å². The number of carbonyl (C=O) groups excluding carboxylic acids is 2. The van der Waals surface area contributed by atoms with Crippen molar-refractivity contribution < 1.29 is 24.2 Å². The van der Waals surface area contributed by atoms with Crippen molar-refractivity contribution in [3.63, 3.8) is 0 Å². The third kappa shape index (κ3) is 6.00. The number of amides is 2. The number of nitrogens with zero attached hydrogens (tertiary/aromatic N) is 2. The molecule has 1 saturated heterocycles. The average molecular weight is 393 g/mol. The topological polar surface area (TPSA) is 101 Å². The Morgan fingerprint density at radius 1 is 1.18 bits per heavy atom. The molecule has 0 aromatic carbocycles. The third-order valence-electron chi connectivity index (χ3n) is 4.08. The minimum Gasteiger partial charge on any atom is -0.504 e. The maximum absolute atomic E-state index is 12.3. The predicted molar refractivity (Wildman–Crippen MR) is 106 cm³/mol. The summed E-state index contributed by atoms with van der Waals surface area (Å²) in [6.07, 6.45) is -0.277. The quantitative estimate of drug-likeness (QED) is 0.782. The molecule has 1 aliphatic rings. The van der Waals surface area contributed by atoms with Crippen LogP contribution in [-0.4, -0.2) is 51.5 Å². The Balaban J connectivity index is 2.13. The number of pyridine rings is 1. The summed E-state index contributed by atoms with van der Waals surface area (Å²) in [5.41, 5.74) is 0.149. The van der Waals surface area contributed by atoms with Crippen LogP contribution in [0.1, 0.15) is 65.3 Å². The molecule has 1 atom stereocenters. The van der Waals surface area contributed by atoms with Gasteiger partial charge in [-0.3, -0.25) is 10.3 Å². The van der Waals surface area contributed by atoms with E-state index in [1.807, 2.05) is 20.8 Å². The number of aromatic hydroxyl groups is 1. The summed E-state index contributed by atoms with van der Waals surface area (Å²) in [7, 11) is 0. The molecule has 1 fully saturated rings. The molecule has 1 aliphatic heterocycles. The Hall–Kier alpha value is -2.51. The van der Waals surface area contributed by atoms with Crippen LogP contribution in [0.5, 0.6) is 5.75 Å². The van der Waals surface area contributed by atoms with Gasteiger partial charge in [0.25, 0.3) is 0 Å². The number of likely N-dealkylation sites (tertiary alicyclic amines) is 1. The molecule has 0 spiro atoms. The molecule has 2 rings (SSSR count). The van der Waals surface area contributed by atoms with Gasteiger partial charge in [-0.2, -0.15) is 0 Å². The number of aromatic nitrogens is 1. The van der Waals surface area contributed by atoms with Gasteiger partial charge in [0.1, 0.15) is 11.2 Å². The van der Waals surface area contributed by atoms with Gasteiger partial charge in [-0.05, 0) is 61.0 Å². The van der Waals surface area contributed by atoms with E-state index in [1.54, 1.807) is 38.7 Å². The highest BCUT2D eigenvalue weighted by atomic mass is 16.6. The molecule has 0 saturated carbocycles. The van der Waals surface area contributed by atoms with Crippen molar-refractivity contribution in [3.8, 4) is 5.75 Å². The smallest absolute Gasteiger partial charge is 0.412 e. The van der Waals surface area contributed by atoms with Crippen LogP contribution in [0.3, 0.4) is 0 Å². The van der Waals surface area contributed by atoms with Crippen molar-refractivity contribution in [2.24, 2.45) is 0 Å². The van der Waals surface area contributed by atoms with Gasteiger partial charge in [-0.15, -0.1) is 0 Å². The molecule has 1 aromatic rings. The number of anilines is 1. The number of hydrogen-bond donors (Lipinski definition) is 2. The fourth-order valence-corrected chi connectivity index (χ4v) is 2.90. The molecule has 1 aromatic heterocycles. The SMILES string of the molecule is Cc1nc(C2CCN(C(=O)OC(C)(C)C)C2)cc(NC(=O)OC(C)(C)C)c1O. The van der Waals surface area contributed by atoms with Crippen LogP contribution in [0.2, 0.25) is 0 Å². The van der Waals surface area contributed by atoms with Crippen molar-refractivity contribution >= 4 is 17.9 Å². The first kappa shape index (κ1) is 21.8. The molecule has 2 heterocycles.